The molecule has 1 aromatic carbocycles. The minimum Gasteiger partial charge on any atom is -0.394 e. The zero-order valence-electron chi connectivity index (χ0n) is 10.2. The molecule has 0 unspecified atom stereocenters. The molecule has 2 N–H and O–H groups in total. The van der Waals surface area contributed by atoms with Crippen LogP contribution in [-0.2, 0) is 16.0 Å². The van der Waals surface area contributed by atoms with Gasteiger partial charge in [0.25, 0.3) is 0 Å². The molecule has 0 saturated heterocycles. The number of hydrogen-bond donors (Lipinski definition) is 2. The van der Waals surface area contributed by atoms with Gasteiger partial charge in [-0.25, -0.2) is 0 Å². The number of aliphatic hydroxyl groups is 1. The van der Waals surface area contributed by atoms with Crippen LogP contribution in [0, 0.1) is 0 Å². The number of rotatable bonds is 8. The van der Waals surface area contributed by atoms with Gasteiger partial charge in [-0.15, -0.1) is 0 Å². The third kappa shape index (κ3) is 6.00. The van der Waals surface area contributed by atoms with E-state index in [-0.39, 0.29) is 18.9 Å². The highest BCUT2D eigenvalue weighted by atomic mass is 35.5. The van der Waals surface area contributed by atoms with Gasteiger partial charge in [-0.2, -0.15) is 0 Å². The number of carbonyl (C=O) groups is 1. The molecule has 1 amide bonds. The Kier molecular flexibility index (Phi) is 7.41. The standard InChI is InChI=1S/C13H18ClNO3/c14-12-5-2-1-4-11(12)10-13(17)15-6-3-8-18-9-7-16/h1-2,4-5,16H,3,6-10H2,(H,15,17). The van der Waals surface area contributed by atoms with E-state index in [9.17, 15) is 4.79 Å². The van der Waals surface area contributed by atoms with E-state index in [1.165, 1.54) is 0 Å². The van der Waals surface area contributed by atoms with Crippen LogP contribution in [-0.4, -0.2) is 37.4 Å². The lowest BCUT2D eigenvalue weighted by atomic mass is 10.1. The molecular weight excluding hydrogens is 254 g/mol. The van der Waals surface area contributed by atoms with Crippen LogP contribution in [0.15, 0.2) is 24.3 Å². The third-order valence-corrected chi connectivity index (χ3v) is 2.70. The fraction of sp³-hybridized carbons (Fsp3) is 0.462. The summed E-state index contributed by atoms with van der Waals surface area (Å²) in [5.41, 5.74) is 0.827. The molecule has 0 fully saturated rings. The second-order valence-electron chi connectivity index (χ2n) is 3.81. The van der Waals surface area contributed by atoms with Crippen LogP contribution in [0.3, 0.4) is 0 Å². The number of nitrogens with one attached hydrogen (secondary N) is 1. The van der Waals surface area contributed by atoms with Crippen molar-refractivity contribution >= 4 is 17.5 Å². The zero-order chi connectivity index (χ0) is 13.2. The first-order valence-electron chi connectivity index (χ1n) is 5.92. The minimum absolute atomic E-state index is 0.0267. The predicted octanol–water partition coefficient (Wildman–Crippen LogP) is 1.40. The van der Waals surface area contributed by atoms with Gasteiger partial charge in [0, 0.05) is 18.2 Å². The summed E-state index contributed by atoms with van der Waals surface area (Å²) >= 11 is 5.96. The van der Waals surface area contributed by atoms with Crippen LogP contribution < -0.4 is 5.32 Å². The fourth-order valence-electron chi connectivity index (χ4n) is 1.45. The number of hydrogen-bond acceptors (Lipinski definition) is 3. The van der Waals surface area contributed by atoms with E-state index in [0.717, 1.165) is 12.0 Å². The summed E-state index contributed by atoms with van der Waals surface area (Å²) in [6.45, 7) is 1.47. The highest BCUT2D eigenvalue weighted by molar-refractivity contribution is 6.31. The highest BCUT2D eigenvalue weighted by Crippen LogP contribution is 2.15. The van der Waals surface area contributed by atoms with Gasteiger partial charge in [0.05, 0.1) is 19.6 Å². The lowest BCUT2D eigenvalue weighted by Crippen LogP contribution is -2.27. The van der Waals surface area contributed by atoms with Gasteiger partial charge in [-0.3, -0.25) is 4.79 Å². The quantitative estimate of drug-likeness (QED) is 0.703. The molecule has 0 bridgehead atoms. The van der Waals surface area contributed by atoms with E-state index in [1.54, 1.807) is 6.07 Å². The van der Waals surface area contributed by atoms with E-state index in [1.807, 2.05) is 18.2 Å². The van der Waals surface area contributed by atoms with Crippen molar-refractivity contribution in [2.75, 3.05) is 26.4 Å². The number of ether oxygens (including phenoxy) is 1. The molecule has 0 atom stereocenters. The first-order valence-corrected chi connectivity index (χ1v) is 6.30. The van der Waals surface area contributed by atoms with E-state index in [2.05, 4.69) is 5.32 Å². The summed E-state index contributed by atoms with van der Waals surface area (Å²) in [5, 5.41) is 11.9. The highest BCUT2D eigenvalue weighted by Gasteiger charge is 2.05. The smallest absolute Gasteiger partial charge is 0.224 e. The second-order valence-corrected chi connectivity index (χ2v) is 4.21. The van der Waals surface area contributed by atoms with E-state index < -0.39 is 0 Å². The fourth-order valence-corrected chi connectivity index (χ4v) is 1.65. The molecule has 0 aliphatic rings. The molecule has 5 heteroatoms. The summed E-state index contributed by atoms with van der Waals surface area (Å²) in [6.07, 6.45) is 1.02. The summed E-state index contributed by atoms with van der Waals surface area (Å²) in [5.74, 6) is -0.0507. The molecule has 0 radical (unpaired) electrons. The van der Waals surface area contributed by atoms with E-state index in [0.29, 0.717) is 24.8 Å². The lowest BCUT2D eigenvalue weighted by Gasteiger charge is -2.06. The van der Waals surface area contributed by atoms with Crippen molar-refractivity contribution in [3.8, 4) is 0 Å². The average molecular weight is 272 g/mol. The third-order valence-electron chi connectivity index (χ3n) is 2.33. The second kappa shape index (κ2) is 8.91. The number of amides is 1. The molecule has 0 aliphatic heterocycles. The van der Waals surface area contributed by atoms with Gasteiger partial charge in [0.15, 0.2) is 0 Å². The van der Waals surface area contributed by atoms with Crippen molar-refractivity contribution in [2.45, 2.75) is 12.8 Å². The van der Waals surface area contributed by atoms with Crippen molar-refractivity contribution in [3.63, 3.8) is 0 Å². The lowest BCUT2D eigenvalue weighted by molar-refractivity contribution is -0.120. The molecule has 4 nitrogen and oxygen atoms in total. The first-order chi connectivity index (χ1) is 8.74. The predicted molar refractivity (Wildman–Crippen MR) is 70.7 cm³/mol. The number of halogens is 1. The molecule has 0 spiro atoms. The van der Waals surface area contributed by atoms with Crippen molar-refractivity contribution in [2.24, 2.45) is 0 Å². The van der Waals surface area contributed by atoms with Gasteiger partial charge in [-0.1, -0.05) is 29.8 Å². The first kappa shape index (κ1) is 15.0. The molecule has 100 valence electrons. The van der Waals surface area contributed by atoms with Crippen LogP contribution in [0.4, 0.5) is 0 Å². The zero-order valence-corrected chi connectivity index (χ0v) is 10.9. The average Bonchev–Trinajstić information content (AvgIpc) is 2.36. The monoisotopic (exact) mass is 271 g/mol. The maximum Gasteiger partial charge on any atom is 0.224 e. The van der Waals surface area contributed by atoms with Crippen molar-refractivity contribution < 1.29 is 14.6 Å². The summed E-state index contributed by atoms with van der Waals surface area (Å²) in [6, 6.07) is 7.30. The maximum atomic E-state index is 11.6. The van der Waals surface area contributed by atoms with Gasteiger partial charge < -0.3 is 15.2 Å². The molecule has 1 aromatic rings. The van der Waals surface area contributed by atoms with E-state index >= 15 is 0 Å². The molecule has 0 saturated carbocycles. The Hall–Kier alpha value is -1.10. The molecular formula is C13H18ClNO3. The van der Waals surface area contributed by atoms with Gasteiger partial charge in [0.1, 0.15) is 0 Å². The van der Waals surface area contributed by atoms with Crippen LogP contribution in [0.1, 0.15) is 12.0 Å². The Labute approximate surface area is 112 Å². The minimum atomic E-state index is -0.0507. The molecule has 0 aromatic heterocycles. The summed E-state index contributed by atoms with van der Waals surface area (Å²) in [7, 11) is 0. The largest absolute Gasteiger partial charge is 0.394 e. The molecule has 1 rings (SSSR count). The van der Waals surface area contributed by atoms with Crippen LogP contribution in [0.25, 0.3) is 0 Å². The Morgan fingerprint density at radius 1 is 1.33 bits per heavy atom. The van der Waals surface area contributed by atoms with Crippen molar-refractivity contribution in [3.05, 3.63) is 34.9 Å². The van der Waals surface area contributed by atoms with E-state index in [4.69, 9.17) is 21.4 Å². The Morgan fingerprint density at radius 2 is 2.11 bits per heavy atom. The summed E-state index contributed by atoms with van der Waals surface area (Å²) < 4.78 is 5.08. The van der Waals surface area contributed by atoms with Crippen LogP contribution in [0.2, 0.25) is 5.02 Å². The van der Waals surface area contributed by atoms with Crippen molar-refractivity contribution in [1.29, 1.82) is 0 Å². The van der Waals surface area contributed by atoms with Crippen LogP contribution in [0.5, 0.6) is 0 Å². The maximum absolute atomic E-state index is 11.6. The number of carbonyl (C=O) groups excluding carboxylic acids is 1. The molecule has 0 aliphatic carbocycles. The molecule has 18 heavy (non-hydrogen) atoms. The summed E-state index contributed by atoms with van der Waals surface area (Å²) in [4.78, 5) is 11.6. The van der Waals surface area contributed by atoms with Gasteiger partial charge in [0.2, 0.25) is 5.91 Å². The number of aliphatic hydroxyl groups excluding tert-OH is 1. The van der Waals surface area contributed by atoms with Crippen molar-refractivity contribution in [1.82, 2.24) is 5.32 Å². The topological polar surface area (TPSA) is 58.6 Å². The molecule has 0 heterocycles. The SMILES string of the molecule is O=C(Cc1ccccc1Cl)NCCCOCCO. The number of benzene rings is 1. The normalized spacial score (nSPS) is 10.3. The van der Waals surface area contributed by atoms with Gasteiger partial charge >= 0.3 is 0 Å². The van der Waals surface area contributed by atoms with Gasteiger partial charge in [-0.05, 0) is 18.1 Å². The Balaban J connectivity index is 2.16. The van der Waals surface area contributed by atoms with Crippen LogP contribution >= 0.6 is 11.6 Å². The Bertz CT molecular complexity index is 371. The Morgan fingerprint density at radius 3 is 2.83 bits per heavy atom.